The molecule has 1 saturated heterocycles. The van der Waals surface area contributed by atoms with E-state index in [4.69, 9.17) is 14.2 Å². The lowest BCUT2D eigenvalue weighted by Crippen LogP contribution is -2.59. The minimum absolute atomic E-state index is 0.00260. The minimum Gasteiger partial charge on any atom is -0.494 e. The molecule has 3 aromatic rings. The molecule has 0 bridgehead atoms. The zero-order chi connectivity index (χ0) is 44.9. The van der Waals surface area contributed by atoms with Crippen molar-refractivity contribution in [3.8, 4) is 17.4 Å². The second-order valence-corrected chi connectivity index (χ2v) is 18.8. The van der Waals surface area contributed by atoms with Crippen molar-refractivity contribution in [3.05, 3.63) is 71.4 Å². The number of amides is 4. The highest BCUT2D eigenvalue weighted by molar-refractivity contribution is 7.91. The summed E-state index contributed by atoms with van der Waals surface area (Å²) in [6.07, 6.45) is 4.72. The number of methoxy groups -OCH3 is 2. The fourth-order valence-corrected chi connectivity index (χ4v) is 9.91. The quantitative estimate of drug-likeness (QED) is 0.189. The highest BCUT2D eigenvalue weighted by Crippen LogP contribution is 2.48. The number of rotatable bonds is 10. The number of carbonyl (C=O) groups excluding carboxylic acids is 4. The number of ether oxygens (including phenoxy) is 3. The smallest absolute Gasteiger partial charge is 0.259 e. The van der Waals surface area contributed by atoms with Crippen molar-refractivity contribution in [1.29, 1.82) is 0 Å². The van der Waals surface area contributed by atoms with Gasteiger partial charge in [-0.3, -0.25) is 23.9 Å². The van der Waals surface area contributed by atoms with Crippen LogP contribution in [0.3, 0.4) is 0 Å². The zero-order valence-electron chi connectivity index (χ0n) is 34.2. The Morgan fingerprint density at radius 3 is 2.31 bits per heavy atom. The van der Waals surface area contributed by atoms with E-state index >= 15 is 4.39 Å². The molecule has 14 nitrogen and oxygen atoms in total. The van der Waals surface area contributed by atoms with Gasteiger partial charge in [0.15, 0.2) is 11.6 Å². The summed E-state index contributed by atoms with van der Waals surface area (Å²) in [6, 6.07) is 0.118. The third kappa shape index (κ3) is 8.36. The van der Waals surface area contributed by atoms with Crippen LogP contribution in [0.25, 0.3) is 10.8 Å². The molecule has 7 atom stereocenters. The largest absolute Gasteiger partial charge is 0.494 e. The van der Waals surface area contributed by atoms with E-state index in [-0.39, 0.29) is 60.9 Å². The topological polar surface area (TPSA) is 182 Å². The average Bonchev–Trinajstić information content (AvgIpc) is 4.12. The minimum atomic E-state index is -4.51. The van der Waals surface area contributed by atoms with E-state index < -0.39 is 109 Å². The van der Waals surface area contributed by atoms with Crippen LogP contribution in [0.5, 0.6) is 17.4 Å². The number of hydrogen-bond donors (Lipinski definition) is 3. The van der Waals surface area contributed by atoms with Gasteiger partial charge in [0, 0.05) is 29.9 Å². The van der Waals surface area contributed by atoms with Crippen LogP contribution in [0.15, 0.2) is 42.6 Å². The first-order valence-electron chi connectivity index (χ1n) is 20.1. The number of fused-ring (bicyclic) bond motifs is 3. The Hall–Kier alpha value is -5.53. The van der Waals surface area contributed by atoms with Crippen LogP contribution in [0.2, 0.25) is 0 Å². The van der Waals surface area contributed by atoms with Crippen molar-refractivity contribution < 1.29 is 63.8 Å². The second kappa shape index (κ2) is 17.0. The molecule has 1 aromatic heterocycles. The van der Waals surface area contributed by atoms with Crippen LogP contribution in [-0.4, -0.2) is 97.8 Å². The Labute approximate surface area is 354 Å². The molecule has 3 fully saturated rings. The molecule has 7 rings (SSSR count). The molecular weight excluding hydrogens is 846 g/mol. The number of pyridine rings is 1. The number of hydrogen-bond acceptors (Lipinski definition) is 10. The first-order chi connectivity index (χ1) is 29.4. The number of sulfonamides is 1. The monoisotopic (exact) mass is 891 g/mol. The molecule has 0 spiro atoms. The molecular formula is C42H46F5N5O9S. The predicted octanol–water partition coefficient (Wildman–Crippen LogP) is 4.79. The summed E-state index contributed by atoms with van der Waals surface area (Å²) < 4.78 is 116. The maximum atomic E-state index is 15.1. The summed E-state index contributed by atoms with van der Waals surface area (Å²) >= 11 is 0. The molecule has 3 N–H and O–H groups in total. The average molecular weight is 892 g/mol. The Balaban J connectivity index is 1.27. The Bertz CT molecular complexity index is 2430. The molecule has 62 heavy (non-hydrogen) atoms. The van der Waals surface area contributed by atoms with Gasteiger partial charge < -0.3 is 29.7 Å². The Morgan fingerprint density at radius 1 is 0.968 bits per heavy atom. The van der Waals surface area contributed by atoms with Gasteiger partial charge in [-0.05, 0) is 62.5 Å². The summed E-state index contributed by atoms with van der Waals surface area (Å²) in [5.74, 6) is -10.8. The van der Waals surface area contributed by atoms with E-state index in [1.165, 1.54) is 26.5 Å². The number of nitrogens with zero attached hydrogens (tertiary/aromatic N) is 2. The molecule has 2 saturated carbocycles. The van der Waals surface area contributed by atoms with Gasteiger partial charge in [0.1, 0.15) is 63.9 Å². The van der Waals surface area contributed by atoms with Crippen LogP contribution in [0.4, 0.5) is 22.0 Å². The molecule has 2 aromatic carbocycles. The molecule has 3 heterocycles. The second-order valence-electron chi connectivity index (χ2n) is 16.7. The van der Waals surface area contributed by atoms with Gasteiger partial charge in [-0.25, -0.2) is 35.4 Å². The highest BCUT2D eigenvalue weighted by atomic mass is 32.2. The molecule has 4 amide bonds. The van der Waals surface area contributed by atoms with Gasteiger partial charge in [-0.15, -0.1) is 0 Å². The number of allylic oxidation sites excluding steroid dienone is 1. The Kier molecular flexibility index (Phi) is 12.2. The van der Waals surface area contributed by atoms with Crippen LogP contribution in [-0.2, 0) is 24.4 Å². The van der Waals surface area contributed by atoms with Crippen molar-refractivity contribution in [3.63, 3.8) is 0 Å². The van der Waals surface area contributed by atoms with E-state index in [9.17, 15) is 45.2 Å². The number of alkyl halides is 1. The maximum absolute atomic E-state index is 15.1. The Morgan fingerprint density at radius 2 is 1.66 bits per heavy atom. The number of nitrogens with one attached hydrogen (secondary N) is 3. The van der Waals surface area contributed by atoms with E-state index in [2.05, 4.69) is 15.6 Å². The van der Waals surface area contributed by atoms with Gasteiger partial charge in [-0.2, -0.15) is 0 Å². The lowest BCUT2D eigenvalue weighted by atomic mass is 9.87. The van der Waals surface area contributed by atoms with Gasteiger partial charge in [-0.1, -0.05) is 26.0 Å². The lowest BCUT2D eigenvalue weighted by molar-refractivity contribution is -0.142. The molecule has 20 heteroatoms. The lowest BCUT2D eigenvalue weighted by Gasteiger charge is -2.33. The number of aromatic nitrogens is 1. The fourth-order valence-electron chi connectivity index (χ4n) is 8.48. The predicted molar refractivity (Wildman–Crippen MR) is 212 cm³/mol. The van der Waals surface area contributed by atoms with Crippen LogP contribution >= 0.6 is 0 Å². The molecule has 0 radical (unpaired) electrons. The van der Waals surface area contributed by atoms with E-state index in [0.29, 0.717) is 36.8 Å². The van der Waals surface area contributed by atoms with Crippen LogP contribution in [0, 0.1) is 41.0 Å². The van der Waals surface area contributed by atoms with Gasteiger partial charge in [0.05, 0.1) is 32.3 Å². The zero-order valence-corrected chi connectivity index (χ0v) is 35.1. The normalized spacial score (nSPS) is 27.7. The summed E-state index contributed by atoms with van der Waals surface area (Å²) in [7, 11) is -1.85. The van der Waals surface area contributed by atoms with Crippen LogP contribution in [0.1, 0.15) is 69.2 Å². The number of carbonyl (C=O) groups is 4. The highest BCUT2D eigenvalue weighted by Gasteiger charge is 2.64. The van der Waals surface area contributed by atoms with E-state index in [1.807, 2.05) is 11.6 Å². The van der Waals surface area contributed by atoms with Crippen molar-refractivity contribution >= 4 is 44.4 Å². The summed E-state index contributed by atoms with van der Waals surface area (Å²) in [4.78, 5) is 62.4. The first kappa shape index (κ1) is 44.5. The molecule has 2 aliphatic heterocycles. The summed E-state index contributed by atoms with van der Waals surface area (Å²) in [5, 5.41) is 5.60. The van der Waals surface area contributed by atoms with Gasteiger partial charge >= 0.3 is 0 Å². The third-order valence-electron chi connectivity index (χ3n) is 12.4. The molecule has 4 aliphatic rings. The third-order valence-corrected chi connectivity index (χ3v) is 14.5. The SMILES string of the molecule is COc1cc2c(OC)cnc(O[C@@H]3C[C@H]4C(=O)N[C@]5(C(=O)NS(=O)(=O)C6(CF)CC6)C[C@H]5/C=C\CC[C@@H](C)C[C@@H](C)[C@H](NC(=O)c5c(F)cc(F)cc5F)C(=O)N4C3)c2cc1F. The number of halogens is 5. The fraction of sp³-hybridized carbons (Fsp3) is 0.500. The van der Waals surface area contributed by atoms with Crippen molar-refractivity contribution in [2.75, 3.05) is 27.4 Å². The standard InChI is InChI=1S/C42H46F5N5O9S/c1-21-7-5-6-8-23-17-42(23,40(56)51-62(57,58)41(20-43)9-10-41)50-36(53)31-14-25(61-38-27-15-28(45)32(59-3)16-26(27)33(60-4)18-48-38)19-52(31)39(55)35(22(2)11-21)49-37(54)34-29(46)12-24(44)13-30(34)47/h6,8,12-13,15-16,18,21-23,25,31,35H,5,7,9-11,14,17,19-20H2,1-4H3,(H,49,54)(H,50,53)(H,51,56)/b8-6-/t21-,22-,23-,25-,31+,35+,42-/m1/s1. The van der Waals surface area contributed by atoms with Gasteiger partial charge in [0.2, 0.25) is 27.7 Å². The van der Waals surface area contributed by atoms with Crippen molar-refractivity contribution in [2.24, 2.45) is 17.8 Å². The summed E-state index contributed by atoms with van der Waals surface area (Å²) in [6.45, 7) is 1.95. The first-order valence-corrected chi connectivity index (χ1v) is 21.6. The number of benzene rings is 2. The molecule has 2 aliphatic carbocycles. The van der Waals surface area contributed by atoms with Crippen molar-refractivity contribution in [1.82, 2.24) is 25.2 Å². The molecule has 334 valence electrons. The van der Waals surface area contributed by atoms with E-state index in [0.717, 1.165) is 11.0 Å². The van der Waals surface area contributed by atoms with Crippen molar-refractivity contribution in [2.45, 2.75) is 87.3 Å². The maximum Gasteiger partial charge on any atom is 0.259 e. The van der Waals surface area contributed by atoms with Gasteiger partial charge in [0.25, 0.3) is 11.8 Å². The van der Waals surface area contributed by atoms with Crippen LogP contribution < -0.4 is 29.6 Å². The van der Waals surface area contributed by atoms with E-state index in [1.54, 1.807) is 19.1 Å². The summed E-state index contributed by atoms with van der Waals surface area (Å²) in [5.41, 5.74) is -2.96. The molecule has 0 unspecified atom stereocenters.